The van der Waals surface area contributed by atoms with Crippen LogP contribution in [0.2, 0.25) is 0 Å². The standard InChI is InChI=1S/C10H16N4O2S/c1-7(5-6-11)14(4)17(15,16)10-8(2)12-13-9(10)3/h7H,5H2,1-4H3,(H,12,13). The van der Waals surface area contributed by atoms with Gasteiger partial charge in [0.2, 0.25) is 10.0 Å². The van der Waals surface area contributed by atoms with Crippen molar-refractivity contribution < 1.29 is 8.42 Å². The van der Waals surface area contributed by atoms with E-state index in [0.717, 1.165) is 0 Å². The fourth-order valence-electron chi connectivity index (χ4n) is 1.56. The van der Waals surface area contributed by atoms with E-state index in [1.807, 2.05) is 6.07 Å². The van der Waals surface area contributed by atoms with Gasteiger partial charge in [-0.2, -0.15) is 14.7 Å². The van der Waals surface area contributed by atoms with Crippen LogP contribution in [-0.4, -0.2) is 36.0 Å². The molecule has 1 heterocycles. The normalized spacial score (nSPS) is 13.6. The van der Waals surface area contributed by atoms with Crippen LogP contribution in [0.3, 0.4) is 0 Å². The molecule has 1 rings (SSSR count). The van der Waals surface area contributed by atoms with E-state index < -0.39 is 10.0 Å². The first kappa shape index (κ1) is 13.7. The van der Waals surface area contributed by atoms with Crippen LogP contribution in [0.25, 0.3) is 0 Å². The number of nitriles is 1. The first-order valence-electron chi connectivity index (χ1n) is 5.19. The van der Waals surface area contributed by atoms with Crippen molar-refractivity contribution in [3.8, 4) is 6.07 Å². The molecule has 0 amide bonds. The summed E-state index contributed by atoms with van der Waals surface area (Å²) < 4.78 is 25.8. The Morgan fingerprint density at radius 2 is 2.12 bits per heavy atom. The largest absolute Gasteiger partial charge is 0.281 e. The Morgan fingerprint density at radius 3 is 2.53 bits per heavy atom. The van der Waals surface area contributed by atoms with Gasteiger partial charge in [0.05, 0.1) is 23.9 Å². The highest BCUT2D eigenvalue weighted by atomic mass is 32.2. The maximum absolute atomic E-state index is 12.3. The van der Waals surface area contributed by atoms with Crippen LogP contribution in [0.4, 0.5) is 0 Å². The SMILES string of the molecule is Cc1n[nH]c(C)c1S(=O)(=O)N(C)C(C)CC#N. The zero-order valence-corrected chi connectivity index (χ0v) is 11.2. The second-order valence-electron chi connectivity index (χ2n) is 4.00. The van der Waals surface area contributed by atoms with Crippen molar-refractivity contribution >= 4 is 10.0 Å². The van der Waals surface area contributed by atoms with Gasteiger partial charge in [-0.15, -0.1) is 0 Å². The number of nitrogens with zero attached hydrogens (tertiary/aromatic N) is 3. The van der Waals surface area contributed by atoms with E-state index >= 15 is 0 Å². The van der Waals surface area contributed by atoms with Crippen LogP contribution in [0.1, 0.15) is 24.7 Å². The minimum Gasteiger partial charge on any atom is -0.281 e. The van der Waals surface area contributed by atoms with Crippen LogP contribution >= 0.6 is 0 Å². The average Bonchev–Trinajstić information content (AvgIpc) is 2.58. The zero-order chi connectivity index (χ0) is 13.2. The predicted molar refractivity (Wildman–Crippen MR) is 62.7 cm³/mol. The summed E-state index contributed by atoms with van der Waals surface area (Å²) in [5, 5.41) is 15.1. The molecule has 0 saturated carbocycles. The van der Waals surface area contributed by atoms with Crippen LogP contribution in [0.5, 0.6) is 0 Å². The van der Waals surface area contributed by atoms with Crippen LogP contribution < -0.4 is 0 Å². The smallest absolute Gasteiger partial charge is 0.246 e. The summed E-state index contributed by atoms with van der Waals surface area (Å²) in [7, 11) is -2.11. The summed E-state index contributed by atoms with van der Waals surface area (Å²) in [6.45, 7) is 5.00. The lowest BCUT2D eigenvalue weighted by molar-refractivity contribution is 0.392. The van der Waals surface area contributed by atoms with Crippen molar-refractivity contribution in [2.75, 3.05) is 7.05 Å². The molecule has 17 heavy (non-hydrogen) atoms. The lowest BCUT2D eigenvalue weighted by atomic mass is 10.3. The summed E-state index contributed by atoms with van der Waals surface area (Å²) in [5.41, 5.74) is 0.956. The second kappa shape index (κ2) is 4.85. The highest BCUT2D eigenvalue weighted by Gasteiger charge is 2.29. The third-order valence-corrected chi connectivity index (χ3v) is 4.94. The van der Waals surface area contributed by atoms with Crippen molar-refractivity contribution in [1.29, 1.82) is 5.26 Å². The highest BCUT2D eigenvalue weighted by molar-refractivity contribution is 7.89. The molecule has 0 aromatic carbocycles. The lowest BCUT2D eigenvalue weighted by Crippen LogP contribution is -2.35. The van der Waals surface area contributed by atoms with Crippen molar-refractivity contribution in [2.24, 2.45) is 0 Å². The number of nitrogens with one attached hydrogen (secondary N) is 1. The van der Waals surface area contributed by atoms with E-state index in [1.165, 1.54) is 11.4 Å². The van der Waals surface area contributed by atoms with Gasteiger partial charge in [-0.1, -0.05) is 0 Å². The van der Waals surface area contributed by atoms with Gasteiger partial charge in [0.25, 0.3) is 0 Å². The molecule has 0 saturated heterocycles. The predicted octanol–water partition coefficient (Wildman–Crippen LogP) is 0.949. The first-order valence-corrected chi connectivity index (χ1v) is 6.63. The van der Waals surface area contributed by atoms with Gasteiger partial charge in [-0.05, 0) is 20.8 Å². The van der Waals surface area contributed by atoms with Crippen LogP contribution in [0.15, 0.2) is 4.90 Å². The van der Waals surface area contributed by atoms with Gasteiger partial charge in [-0.3, -0.25) is 5.10 Å². The third kappa shape index (κ3) is 2.48. The number of aromatic nitrogens is 2. The van der Waals surface area contributed by atoms with Crippen LogP contribution in [-0.2, 0) is 10.0 Å². The molecular formula is C10H16N4O2S. The summed E-state index contributed by atoms with van der Waals surface area (Å²) in [5.74, 6) is 0. The maximum atomic E-state index is 12.3. The number of H-pyrrole nitrogens is 1. The Labute approximate surface area is 101 Å². The second-order valence-corrected chi connectivity index (χ2v) is 5.93. The van der Waals surface area contributed by atoms with Crippen molar-refractivity contribution in [2.45, 2.75) is 38.1 Å². The molecule has 0 bridgehead atoms. The molecule has 0 aliphatic carbocycles. The van der Waals surface area contributed by atoms with Crippen molar-refractivity contribution in [3.05, 3.63) is 11.4 Å². The summed E-state index contributed by atoms with van der Waals surface area (Å²) in [6.07, 6.45) is 0.158. The van der Waals surface area contributed by atoms with Crippen LogP contribution in [0, 0.1) is 25.2 Å². The Bertz CT molecular complexity index is 522. The van der Waals surface area contributed by atoms with Gasteiger partial charge < -0.3 is 0 Å². The number of rotatable bonds is 4. The molecule has 0 radical (unpaired) electrons. The molecule has 0 spiro atoms. The van der Waals surface area contributed by atoms with E-state index in [4.69, 9.17) is 5.26 Å². The van der Waals surface area contributed by atoms with E-state index in [-0.39, 0.29) is 17.4 Å². The van der Waals surface area contributed by atoms with E-state index in [9.17, 15) is 8.42 Å². The molecular weight excluding hydrogens is 240 g/mol. The van der Waals surface area contributed by atoms with E-state index in [1.54, 1.807) is 20.8 Å². The molecule has 6 nitrogen and oxygen atoms in total. The third-order valence-electron chi connectivity index (χ3n) is 2.71. The minimum absolute atomic E-state index is 0.158. The monoisotopic (exact) mass is 256 g/mol. The molecule has 0 aliphatic rings. The molecule has 1 aromatic heterocycles. The number of aromatic amines is 1. The van der Waals surface area contributed by atoms with E-state index in [0.29, 0.717) is 11.4 Å². The van der Waals surface area contributed by atoms with Gasteiger partial charge in [0, 0.05) is 13.1 Å². The molecule has 94 valence electrons. The first-order chi connectivity index (χ1) is 7.82. The molecule has 1 aromatic rings. The molecule has 1 atom stereocenters. The highest BCUT2D eigenvalue weighted by Crippen LogP contribution is 2.22. The number of hydrogen-bond donors (Lipinski definition) is 1. The molecule has 1 unspecified atom stereocenters. The summed E-state index contributed by atoms with van der Waals surface area (Å²) >= 11 is 0. The number of aryl methyl sites for hydroxylation is 2. The zero-order valence-electron chi connectivity index (χ0n) is 10.4. The van der Waals surface area contributed by atoms with E-state index in [2.05, 4.69) is 10.2 Å². The van der Waals surface area contributed by atoms with Gasteiger partial charge in [0.1, 0.15) is 4.90 Å². The quantitative estimate of drug-likeness (QED) is 0.868. The Morgan fingerprint density at radius 1 is 1.53 bits per heavy atom. The molecule has 1 N–H and O–H groups in total. The average molecular weight is 256 g/mol. The maximum Gasteiger partial charge on any atom is 0.246 e. The van der Waals surface area contributed by atoms with Gasteiger partial charge >= 0.3 is 0 Å². The Hall–Kier alpha value is -1.39. The Balaban J connectivity index is 3.17. The van der Waals surface area contributed by atoms with Gasteiger partial charge in [-0.25, -0.2) is 8.42 Å². The lowest BCUT2D eigenvalue weighted by Gasteiger charge is -2.22. The molecule has 7 heteroatoms. The fraction of sp³-hybridized carbons (Fsp3) is 0.600. The number of hydrogen-bond acceptors (Lipinski definition) is 4. The number of sulfonamides is 1. The Kier molecular flexibility index (Phi) is 3.91. The molecule has 0 aliphatic heterocycles. The summed E-state index contributed by atoms with van der Waals surface area (Å²) in [4.78, 5) is 0.199. The summed E-state index contributed by atoms with van der Waals surface area (Å²) in [6, 6.07) is 1.60. The fourth-order valence-corrected chi connectivity index (χ4v) is 3.25. The molecule has 0 fully saturated rings. The van der Waals surface area contributed by atoms with Gasteiger partial charge in [0.15, 0.2) is 0 Å². The van der Waals surface area contributed by atoms with Crippen molar-refractivity contribution in [1.82, 2.24) is 14.5 Å². The topological polar surface area (TPSA) is 89.8 Å². The minimum atomic E-state index is -3.59. The van der Waals surface area contributed by atoms with Crippen molar-refractivity contribution in [3.63, 3.8) is 0 Å².